The molecule has 1 saturated carbocycles. The van der Waals surface area contributed by atoms with Crippen molar-refractivity contribution in [3.8, 4) is 0 Å². The number of nitrogens with one attached hydrogen (secondary N) is 1. The normalized spacial score (nSPS) is 21.0. The third-order valence-corrected chi connectivity index (χ3v) is 6.85. The smallest absolute Gasteiger partial charge is 0.323 e. The third kappa shape index (κ3) is 2.89. The van der Waals surface area contributed by atoms with Gasteiger partial charge >= 0.3 is 6.03 Å². The van der Waals surface area contributed by atoms with Gasteiger partial charge < -0.3 is 5.32 Å². The summed E-state index contributed by atoms with van der Waals surface area (Å²) in [6.45, 7) is 2.34. The molecule has 138 valence electrons. The molecule has 0 radical (unpaired) electrons. The van der Waals surface area contributed by atoms with Gasteiger partial charge in [0.2, 0.25) is 0 Å². The minimum atomic E-state index is -0.657. The number of para-hydroxylation sites is 1. The summed E-state index contributed by atoms with van der Waals surface area (Å²) in [7, 11) is 1.93. The van der Waals surface area contributed by atoms with Crippen LogP contribution in [0.25, 0.3) is 10.2 Å². The Hall–Kier alpha value is -1.99. The largest absolute Gasteiger partial charge is 0.326 e. The lowest BCUT2D eigenvalue weighted by atomic mass is 9.82. The van der Waals surface area contributed by atoms with Gasteiger partial charge in [-0.1, -0.05) is 31.4 Å². The van der Waals surface area contributed by atoms with E-state index < -0.39 is 5.54 Å². The molecule has 0 bridgehead atoms. The van der Waals surface area contributed by atoms with Crippen molar-refractivity contribution < 1.29 is 9.59 Å². The van der Waals surface area contributed by atoms with Crippen LogP contribution in [0.4, 0.5) is 4.79 Å². The van der Waals surface area contributed by atoms with Crippen molar-refractivity contribution in [1.82, 2.24) is 20.1 Å². The lowest BCUT2D eigenvalue weighted by Gasteiger charge is -2.31. The number of fused-ring (bicyclic) bond motifs is 1. The molecule has 2 aromatic rings. The van der Waals surface area contributed by atoms with Crippen LogP contribution in [0, 0.1) is 0 Å². The molecule has 1 saturated heterocycles. The van der Waals surface area contributed by atoms with Gasteiger partial charge in [-0.05, 0) is 38.9 Å². The number of hydrogen-bond acceptors (Lipinski definition) is 5. The molecule has 4 rings (SSSR count). The molecule has 1 aliphatic carbocycles. The number of carbonyl (C=O) groups is 2. The summed E-state index contributed by atoms with van der Waals surface area (Å²) in [5.74, 6) is -0.0643. The Morgan fingerprint density at radius 3 is 2.73 bits per heavy atom. The predicted molar refractivity (Wildman–Crippen MR) is 102 cm³/mol. The third-order valence-electron chi connectivity index (χ3n) is 5.65. The molecule has 26 heavy (non-hydrogen) atoms. The number of hydrogen-bond donors (Lipinski definition) is 1. The molecule has 2 fully saturated rings. The Labute approximate surface area is 157 Å². The highest BCUT2D eigenvalue weighted by atomic mass is 32.1. The van der Waals surface area contributed by atoms with E-state index in [9.17, 15) is 9.59 Å². The number of carbonyl (C=O) groups excluding carboxylic acids is 2. The first-order valence-electron chi connectivity index (χ1n) is 9.20. The number of benzene rings is 1. The van der Waals surface area contributed by atoms with Crippen LogP contribution in [0.5, 0.6) is 0 Å². The Kier molecular flexibility index (Phi) is 4.44. The predicted octanol–water partition coefficient (Wildman–Crippen LogP) is 3.50. The van der Waals surface area contributed by atoms with E-state index in [1.54, 1.807) is 11.3 Å². The second-order valence-corrected chi connectivity index (χ2v) is 8.46. The van der Waals surface area contributed by atoms with Crippen molar-refractivity contribution in [1.29, 1.82) is 0 Å². The van der Waals surface area contributed by atoms with Crippen molar-refractivity contribution in [3.05, 3.63) is 29.3 Å². The van der Waals surface area contributed by atoms with E-state index in [-0.39, 0.29) is 24.6 Å². The van der Waals surface area contributed by atoms with Gasteiger partial charge in [0.1, 0.15) is 10.5 Å². The second kappa shape index (κ2) is 6.63. The first-order valence-corrected chi connectivity index (χ1v) is 10.0. The molecule has 2 aliphatic rings. The summed E-state index contributed by atoms with van der Waals surface area (Å²) in [5.41, 5.74) is 0.332. The Balaban J connectivity index is 1.49. The number of imide groups is 1. The monoisotopic (exact) mass is 372 g/mol. The molecule has 6 nitrogen and oxygen atoms in total. The molecule has 1 N–H and O–H groups in total. The fourth-order valence-electron chi connectivity index (χ4n) is 3.90. The molecule has 1 aromatic carbocycles. The molecule has 1 aliphatic heterocycles. The van der Waals surface area contributed by atoms with Crippen molar-refractivity contribution >= 4 is 33.5 Å². The molecular weight excluding hydrogens is 348 g/mol. The van der Waals surface area contributed by atoms with Crippen LogP contribution < -0.4 is 5.32 Å². The van der Waals surface area contributed by atoms with Gasteiger partial charge in [-0.15, -0.1) is 11.3 Å². The van der Waals surface area contributed by atoms with Gasteiger partial charge in [0, 0.05) is 0 Å². The minimum absolute atomic E-state index is 0.0240. The average molecular weight is 372 g/mol. The molecule has 0 unspecified atom stereocenters. The van der Waals surface area contributed by atoms with Gasteiger partial charge in [-0.25, -0.2) is 14.7 Å². The fourth-order valence-corrected chi connectivity index (χ4v) is 4.99. The van der Waals surface area contributed by atoms with E-state index in [1.165, 1.54) is 4.90 Å². The standard InChI is InChI=1S/C19H24N4O2S/c1-13(16-20-14-8-4-5-9-15(14)26-16)22(2)12-23-17(24)19(21-18(23)25)10-6-3-7-11-19/h4-5,8-9,13H,3,6-7,10-12H2,1-2H3,(H,21,25)/t13-/m0/s1. The zero-order chi connectivity index (χ0) is 18.3. The van der Waals surface area contributed by atoms with Crippen molar-refractivity contribution in [2.24, 2.45) is 0 Å². The summed E-state index contributed by atoms with van der Waals surface area (Å²) < 4.78 is 1.15. The molecule has 1 aromatic heterocycles. The molecular formula is C19H24N4O2S. The lowest BCUT2D eigenvalue weighted by Crippen LogP contribution is -2.49. The zero-order valence-electron chi connectivity index (χ0n) is 15.2. The number of thiazole rings is 1. The van der Waals surface area contributed by atoms with Gasteiger partial charge in [-0.2, -0.15) is 0 Å². The van der Waals surface area contributed by atoms with Crippen LogP contribution in [-0.2, 0) is 4.79 Å². The number of amides is 3. The highest BCUT2D eigenvalue weighted by Gasteiger charge is 2.51. The molecule has 1 spiro atoms. The summed E-state index contributed by atoms with van der Waals surface area (Å²) in [4.78, 5) is 33.5. The number of aromatic nitrogens is 1. The van der Waals surface area contributed by atoms with Gasteiger partial charge in [0.25, 0.3) is 5.91 Å². The number of rotatable bonds is 4. The first-order chi connectivity index (χ1) is 12.5. The van der Waals surface area contributed by atoms with E-state index in [0.717, 1.165) is 47.3 Å². The van der Waals surface area contributed by atoms with Crippen LogP contribution in [0.15, 0.2) is 24.3 Å². The van der Waals surface area contributed by atoms with E-state index in [4.69, 9.17) is 4.98 Å². The van der Waals surface area contributed by atoms with E-state index in [0.29, 0.717) is 0 Å². The molecule has 3 amide bonds. The first kappa shape index (κ1) is 17.4. The highest BCUT2D eigenvalue weighted by molar-refractivity contribution is 7.18. The second-order valence-electron chi connectivity index (χ2n) is 7.40. The van der Waals surface area contributed by atoms with Crippen LogP contribution in [-0.4, -0.2) is 46.0 Å². The maximum atomic E-state index is 12.9. The maximum Gasteiger partial charge on any atom is 0.326 e. The van der Waals surface area contributed by atoms with Gasteiger partial charge in [-0.3, -0.25) is 9.69 Å². The Bertz CT molecular complexity index is 810. The molecule has 1 atom stereocenters. The van der Waals surface area contributed by atoms with Gasteiger partial charge in [0.15, 0.2) is 0 Å². The van der Waals surface area contributed by atoms with E-state index in [2.05, 4.69) is 18.3 Å². The summed E-state index contributed by atoms with van der Waals surface area (Å²) >= 11 is 1.66. The highest BCUT2D eigenvalue weighted by Crippen LogP contribution is 2.34. The summed E-state index contributed by atoms with van der Waals surface area (Å²) in [6, 6.07) is 7.82. The molecule has 2 heterocycles. The number of nitrogens with zero attached hydrogens (tertiary/aromatic N) is 3. The summed E-state index contributed by atoms with van der Waals surface area (Å²) in [5, 5.41) is 3.97. The average Bonchev–Trinajstić information content (AvgIpc) is 3.17. The van der Waals surface area contributed by atoms with Crippen LogP contribution in [0.1, 0.15) is 50.1 Å². The van der Waals surface area contributed by atoms with Crippen molar-refractivity contribution in [3.63, 3.8) is 0 Å². The zero-order valence-corrected chi connectivity index (χ0v) is 16.0. The fraction of sp³-hybridized carbons (Fsp3) is 0.526. The Morgan fingerprint density at radius 2 is 2.00 bits per heavy atom. The maximum absolute atomic E-state index is 12.9. The minimum Gasteiger partial charge on any atom is -0.323 e. The van der Waals surface area contributed by atoms with Crippen LogP contribution >= 0.6 is 11.3 Å². The van der Waals surface area contributed by atoms with E-state index >= 15 is 0 Å². The van der Waals surface area contributed by atoms with Crippen LogP contribution in [0.3, 0.4) is 0 Å². The molecule has 7 heteroatoms. The number of urea groups is 1. The van der Waals surface area contributed by atoms with Gasteiger partial charge in [0.05, 0.1) is 22.9 Å². The topological polar surface area (TPSA) is 65.5 Å². The Morgan fingerprint density at radius 1 is 1.27 bits per heavy atom. The lowest BCUT2D eigenvalue weighted by molar-refractivity contribution is -0.134. The quantitative estimate of drug-likeness (QED) is 0.834. The SMILES string of the molecule is C[C@@H](c1nc2ccccc2s1)N(C)CN1C(=O)NC2(CCCCC2)C1=O. The van der Waals surface area contributed by atoms with Crippen LogP contribution in [0.2, 0.25) is 0 Å². The van der Waals surface area contributed by atoms with Crippen molar-refractivity contribution in [2.45, 2.75) is 50.6 Å². The summed E-state index contributed by atoms with van der Waals surface area (Å²) in [6.07, 6.45) is 4.64. The van der Waals surface area contributed by atoms with E-state index in [1.807, 2.05) is 30.1 Å². The van der Waals surface area contributed by atoms with Crippen molar-refractivity contribution in [2.75, 3.05) is 13.7 Å².